The second kappa shape index (κ2) is 6.54. The third-order valence-corrected chi connectivity index (χ3v) is 4.65. The highest BCUT2D eigenvalue weighted by atomic mass is 16.5. The molecule has 0 radical (unpaired) electrons. The van der Waals surface area contributed by atoms with Crippen LogP contribution in [0, 0.1) is 5.92 Å². The quantitative estimate of drug-likeness (QED) is 0.866. The Kier molecular flexibility index (Phi) is 4.47. The van der Waals surface area contributed by atoms with Crippen molar-refractivity contribution in [2.75, 3.05) is 39.1 Å². The molecule has 0 aliphatic carbocycles. The number of carbonyl (C=O) groups is 2. The summed E-state index contributed by atoms with van der Waals surface area (Å²) in [6, 6.07) is 3.37. The number of carbonyl (C=O) groups excluding carboxylic acids is 2. The molecule has 2 amide bonds. The highest BCUT2D eigenvalue weighted by Crippen LogP contribution is 2.29. The molecule has 4 heterocycles. The lowest BCUT2D eigenvalue weighted by Crippen LogP contribution is -2.49. The summed E-state index contributed by atoms with van der Waals surface area (Å²) >= 11 is 0. The molecule has 0 saturated carbocycles. The van der Waals surface area contributed by atoms with Crippen molar-refractivity contribution in [3.8, 4) is 0 Å². The van der Waals surface area contributed by atoms with Crippen molar-refractivity contribution >= 4 is 17.6 Å². The van der Waals surface area contributed by atoms with E-state index in [-0.39, 0.29) is 23.8 Å². The molecule has 4 rings (SSSR count). The molecule has 2 N–H and O–H groups in total. The third-order valence-electron chi connectivity index (χ3n) is 4.65. The van der Waals surface area contributed by atoms with E-state index in [9.17, 15) is 9.59 Å². The summed E-state index contributed by atoms with van der Waals surface area (Å²) in [4.78, 5) is 32.9. The van der Waals surface area contributed by atoms with Crippen LogP contribution >= 0.6 is 0 Å². The second-order valence-corrected chi connectivity index (χ2v) is 6.13. The predicted octanol–water partition coefficient (Wildman–Crippen LogP) is 0.373. The van der Waals surface area contributed by atoms with Crippen LogP contribution in [-0.4, -0.2) is 66.0 Å². The smallest absolute Gasteiger partial charge is 0.255 e. The van der Waals surface area contributed by atoms with Gasteiger partial charge in [0.15, 0.2) is 0 Å². The summed E-state index contributed by atoms with van der Waals surface area (Å²) in [5, 5.41) is 0. The van der Waals surface area contributed by atoms with Crippen LogP contribution in [0.5, 0.6) is 0 Å². The zero-order valence-electron chi connectivity index (χ0n) is 13.3. The van der Waals surface area contributed by atoms with Crippen LogP contribution in [0.25, 0.3) is 0 Å². The summed E-state index contributed by atoms with van der Waals surface area (Å²) < 4.78 is 5.10. The van der Waals surface area contributed by atoms with E-state index in [1.807, 2.05) is 4.90 Å². The Morgan fingerprint density at radius 3 is 2.91 bits per heavy atom. The van der Waals surface area contributed by atoms with Crippen molar-refractivity contribution < 1.29 is 14.3 Å². The molecule has 3 aliphatic rings. The van der Waals surface area contributed by atoms with Gasteiger partial charge in [-0.2, -0.15) is 0 Å². The van der Waals surface area contributed by atoms with Crippen LogP contribution in [0.15, 0.2) is 18.3 Å². The average Bonchev–Trinajstić information content (AvgIpc) is 2.84. The summed E-state index contributed by atoms with van der Waals surface area (Å²) in [7, 11) is 1.63. The average molecular weight is 318 g/mol. The summed E-state index contributed by atoms with van der Waals surface area (Å²) in [5.74, 6) is 0.328. The molecular weight excluding hydrogens is 296 g/mol. The van der Waals surface area contributed by atoms with Gasteiger partial charge < -0.3 is 20.3 Å². The van der Waals surface area contributed by atoms with Crippen LogP contribution in [-0.2, 0) is 9.53 Å². The minimum Gasteiger partial charge on any atom is -0.384 e. The van der Waals surface area contributed by atoms with E-state index in [0.29, 0.717) is 37.6 Å². The molecule has 2 bridgehead atoms. The fraction of sp³-hybridized carbons (Fsp3) is 0.562. The van der Waals surface area contributed by atoms with Gasteiger partial charge in [-0.3, -0.25) is 9.59 Å². The number of anilines is 1. The van der Waals surface area contributed by atoms with Crippen molar-refractivity contribution in [3.63, 3.8) is 0 Å². The molecule has 7 nitrogen and oxygen atoms in total. The Morgan fingerprint density at radius 2 is 2.22 bits per heavy atom. The fourth-order valence-electron chi connectivity index (χ4n) is 3.40. The molecule has 124 valence electrons. The highest BCUT2D eigenvalue weighted by molar-refractivity contribution is 5.95. The molecule has 2 atom stereocenters. The lowest BCUT2D eigenvalue weighted by molar-refractivity contribution is -0.140. The van der Waals surface area contributed by atoms with Crippen LogP contribution in [0.2, 0.25) is 0 Å². The maximum atomic E-state index is 12.7. The minimum absolute atomic E-state index is 0.0714. The third kappa shape index (κ3) is 3.14. The number of fused-ring (bicyclic) bond motifs is 4. The molecule has 3 saturated heterocycles. The Bertz CT molecular complexity index is 589. The molecule has 23 heavy (non-hydrogen) atoms. The van der Waals surface area contributed by atoms with Gasteiger partial charge in [0.1, 0.15) is 5.82 Å². The van der Waals surface area contributed by atoms with E-state index < -0.39 is 0 Å². The highest BCUT2D eigenvalue weighted by Gasteiger charge is 2.41. The van der Waals surface area contributed by atoms with E-state index in [4.69, 9.17) is 10.5 Å². The van der Waals surface area contributed by atoms with Crippen molar-refractivity contribution in [2.45, 2.75) is 18.9 Å². The number of amides is 2. The van der Waals surface area contributed by atoms with Crippen LogP contribution in [0.4, 0.5) is 5.82 Å². The normalized spacial score (nSPS) is 24.0. The maximum Gasteiger partial charge on any atom is 0.255 e. The number of pyridine rings is 1. The van der Waals surface area contributed by atoms with Gasteiger partial charge in [-0.15, -0.1) is 0 Å². The van der Waals surface area contributed by atoms with E-state index in [1.165, 1.54) is 6.20 Å². The first-order valence-corrected chi connectivity index (χ1v) is 7.90. The van der Waals surface area contributed by atoms with E-state index in [0.717, 1.165) is 12.8 Å². The van der Waals surface area contributed by atoms with Crippen LogP contribution in [0.1, 0.15) is 23.2 Å². The van der Waals surface area contributed by atoms with E-state index in [2.05, 4.69) is 4.98 Å². The van der Waals surface area contributed by atoms with Crippen molar-refractivity contribution in [1.82, 2.24) is 14.8 Å². The minimum atomic E-state index is -0.115. The van der Waals surface area contributed by atoms with Crippen molar-refractivity contribution in [3.05, 3.63) is 23.9 Å². The largest absolute Gasteiger partial charge is 0.384 e. The van der Waals surface area contributed by atoms with Gasteiger partial charge in [0.25, 0.3) is 5.91 Å². The Hall–Kier alpha value is -2.15. The first-order chi connectivity index (χ1) is 11.1. The molecule has 0 spiro atoms. The number of nitrogens with zero attached hydrogens (tertiary/aromatic N) is 3. The Morgan fingerprint density at radius 1 is 1.39 bits per heavy atom. The number of hydrogen-bond donors (Lipinski definition) is 1. The summed E-state index contributed by atoms with van der Waals surface area (Å²) in [6.45, 7) is 2.14. The standard InChI is InChI=1S/C16H22N4O3/c1-23-7-6-20-13-4-2-12(16(20)22)9-19(10-13)15(21)11-3-5-14(17)18-8-11/h3,5,8,12-13H,2,4,6-7,9-10H2,1H3,(H2,17,18)/t12-,13+/m0/s1. The number of methoxy groups -OCH3 is 1. The fourth-order valence-corrected chi connectivity index (χ4v) is 3.40. The Balaban J connectivity index is 1.77. The number of ether oxygens (including phenoxy) is 1. The molecule has 3 aliphatic heterocycles. The van der Waals surface area contributed by atoms with Crippen LogP contribution < -0.4 is 5.73 Å². The topological polar surface area (TPSA) is 88.8 Å². The molecule has 0 aromatic carbocycles. The first-order valence-electron chi connectivity index (χ1n) is 7.90. The predicted molar refractivity (Wildman–Crippen MR) is 84.7 cm³/mol. The van der Waals surface area contributed by atoms with Gasteiger partial charge in [0.2, 0.25) is 5.91 Å². The lowest BCUT2D eigenvalue weighted by Gasteiger charge is -2.35. The Labute approximate surface area is 135 Å². The van der Waals surface area contributed by atoms with E-state index >= 15 is 0 Å². The van der Waals surface area contributed by atoms with E-state index in [1.54, 1.807) is 24.1 Å². The second-order valence-electron chi connectivity index (χ2n) is 6.13. The summed E-state index contributed by atoms with van der Waals surface area (Å²) in [6.07, 6.45) is 3.27. The number of piperidine rings is 1. The molecule has 0 unspecified atom stereocenters. The lowest BCUT2D eigenvalue weighted by atomic mass is 9.94. The van der Waals surface area contributed by atoms with Gasteiger partial charge in [0, 0.05) is 39.0 Å². The SMILES string of the molecule is COCCN1C(=O)[C@H]2CC[C@@H]1CN(C(=O)c1ccc(N)nc1)C2. The monoisotopic (exact) mass is 318 g/mol. The van der Waals surface area contributed by atoms with Gasteiger partial charge in [-0.25, -0.2) is 4.98 Å². The molecular formula is C16H22N4O3. The molecule has 1 aromatic rings. The van der Waals surface area contributed by atoms with Gasteiger partial charge >= 0.3 is 0 Å². The first kappa shape index (κ1) is 15.7. The molecule has 7 heteroatoms. The summed E-state index contributed by atoms with van der Waals surface area (Å²) in [5.41, 5.74) is 6.08. The van der Waals surface area contributed by atoms with Crippen molar-refractivity contribution in [2.24, 2.45) is 5.92 Å². The zero-order chi connectivity index (χ0) is 16.4. The number of rotatable bonds is 4. The number of nitrogen functional groups attached to an aromatic ring is 1. The van der Waals surface area contributed by atoms with Gasteiger partial charge in [-0.1, -0.05) is 0 Å². The molecule has 3 fully saturated rings. The van der Waals surface area contributed by atoms with Gasteiger partial charge in [0.05, 0.1) is 18.1 Å². The van der Waals surface area contributed by atoms with Gasteiger partial charge in [-0.05, 0) is 25.0 Å². The maximum absolute atomic E-state index is 12.7. The number of nitrogens with two attached hydrogens (primary N) is 1. The zero-order valence-corrected chi connectivity index (χ0v) is 13.3. The van der Waals surface area contributed by atoms with Crippen molar-refractivity contribution in [1.29, 1.82) is 0 Å². The van der Waals surface area contributed by atoms with Crippen LogP contribution in [0.3, 0.4) is 0 Å². The number of hydrogen-bond acceptors (Lipinski definition) is 5. The number of aromatic nitrogens is 1. The molecule has 1 aromatic heterocycles.